The smallest absolute Gasteiger partial charge is 0.257 e. The van der Waals surface area contributed by atoms with Crippen LogP contribution >= 0.6 is 0 Å². The van der Waals surface area contributed by atoms with Gasteiger partial charge in [0, 0.05) is 31.5 Å². The van der Waals surface area contributed by atoms with E-state index in [2.05, 4.69) is 15.3 Å². The first-order chi connectivity index (χ1) is 8.06. The van der Waals surface area contributed by atoms with E-state index in [0.29, 0.717) is 24.6 Å². The Labute approximate surface area is 99.7 Å². The van der Waals surface area contributed by atoms with Crippen molar-refractivity contribution in [3.05, 3.63) is 18.0 Å². The molecule has 2 rings (SSSR count). The monoisotopic (exact) mass is 236 g/mol. The van der Waals surface area contributed by atoms with E-state index < -0.39 is 0 Å². The zero-order chi connectivity index (χ0) is 12.4. The van der Waals surface area contributed by atoms with Crippen LogP contribution in [-0.2, 0) is 0 Å². The standard InChI is InChI=1S/C11H16N4O2/c1-7(2)14-11-12-3-8(4-13-11)10(17)15-5-9(16)6-15/h3-4,7,9,16H,5-6H2,1-2H3,(H,12,13,14). The first-order valence-corrected chi connectivity index (χ1v) is 5.62. The lowest BCUT2D eigenvalue weighted by molar-refractivity contribution is 0.00584. The molecule has 6 heteroatoms. The molecule has 0 unspecified atom stereocenters. The SMILES string of the molecule is CC(C)Nc1ncc(C(=O)N2CC(O)C2)cn1. The summed E-state index contributed by atoms with van der Waals surface area (Å²) in [6.45, 7) is 4.77. The molecule has 1 saturated heterocycles. The predicted molar refractivity (Wildman–Crippen MR) is 62.7 cm³/mol. The summed E-state index contributed by atoms with van der Waals surface area (Å²) in [5.41, 5.74) is 0.450. The molecule has 92 valence electrons. The number of carbonyl (C=O) groups is 1. The molecule has 0 spiro atoms. The molecule has 2 N–H and O–H groups in total. The summed E-state index contributed by atoms with van der Waals surface area (Å²) in [5, 5.41) is 12.2. The lowest BCUT2D eigenvalue weighted by Gasteiger charge is -2.35. The van der Waals surface area contributed by atoms with Crippen LogP contribution in [0.3, 0.4) is 0 Å². The molecule has 0 saturated carbocycles. The number of amides is 1. The average molecular weight is 236 g/mol. The number of rotatable bonds is 3. The molecule has 1 amide bonds. The normalized spacial score (nSPS) is 15.9. The highest BCUT2D eigenvalue weighted by Crippen LogP contribution is 2.12. The van der Waals surface area contributed by atoms with Gasteiger partial charge in [0.1, 0.15) is 0 Å². The number of carbonyl (C=O) groups excluding carboxylic acids is 1. The van der Waals surface area contributed by atoms with Crippen molar-refractivity contribution < 1.29 is 9.90 Å². The minimum Gasteiger partial charge on any atom is -0.389 e. The Kier molecular flexibility index (Phi) is 3.23. The molecular formula is C11H16N4O2. The average Bonchev–Trinajstić information content (AvgIpc) is 2.24. The molecule has 1 aromatic heterocycles. The third-order valence-corrected chi connectivity index (χ3v) is 2.47. The molecule has 0 radical (unpaired) electrons. The summed E-state index contributed by atoms with van der Waals surface area (Å²) >= 11 is 0. The predicted octanol–water partition coefficient (Wildman–Crippen LogP) is 0.114. The van der Waals surface area contributed by atoms with Crippen LogP contribution in [0.5, 0.6) is 0 Å². The first kappa shape index (κ1) is 11.8. The highest BCUT2D eigenvalue weighted by molar-refractivity contribution is 5.94. The van der Waals surface area contributed by atoms with Gasteiger partial charge in [-0.1, -0.05) is 0 Å². The minimum atomic E-state index is -0.387. The zero-order valence-corrected chi connectivity index (χ0v) is 9.92. The van der Waals surface area contributed by atoms with E-state index in [1.807, 2.05) is 13.8 Å². The van der Waals surface area contributed by atoms with Crippen LogP contribution in [0.2, 0.25) is 0 Å². The van der Waals surface area contributed by atoms with Crippen LogP contribution in [0.15, 0.2) is 12.4 Å². The number of nitrogens with one attached hydrogen (secondary N) is 1. The largest absolute Gasteiger partial charge is 0.389 e. The van der Waals surface area contributed by atoms with Gasteiger partial charge in [0.25, 0.3) is 5.91 Å². The van der Waals surface area contributed by atoms with E-state index in [0.717, 1.165) is 0 Å². The van der Waals surface area contributed by atoms with Gasteiger partial charge in [-0.15, -0.1) is 0 Å². The number of β-amino-alcohol motifs (C(OH)–C–C–N with tert-alkyl or cyclic N) is 1. The topological polar surface area (TPSA) is 78.4 Å². The second-order valence-corrected chi connectivity index (χ2v) is 4.46. The number of aromatic nitrogens is 2. The van der Waals surface area contributed by atoms with Gasteiger partial charge in [0.05, 0.1) is 11.7 Å². The summed E-state index contributed by atoms with van der Waals surface area (Å²) in [6, 6.07) is 0.252. The lowest BCUT2D eigenvalue weighted by Crippen LogP contribution is -2.53. The number of hydrogen-bond donors (Lipinski definition) is 2. The summed E-state index contributed by atoms with van der Waals surface area (Å²) in [7, 11) is 0. The maximum atomic E-state index is 11.8. The molecule has 1 aromatic rings. The maximum absolute atomic E-state index is 11.8. The van der Waals surface area contributed by atoms with Crippen LogP contribution in [-0.4, -0.2) is 51.1 Å². The fraction of sp³-hybridized carbons (Fsp3) is 0.545. The molecule has 1 fully saturated rings. The second kappa shape index (κ2) is 4.67. The van der Waals surface area contributed by atoms with Crippen molar-refractivity contribution in [1.29, 1.82) is 0 Å². The van der Waals surface area contributed by atoms with Crippen LogP contribution in [0, 0.1) is 0 Å². The summed E-state index contributed by atoms with van der Waals surface area (Å²) < 4.78 is 0. The third kappa shape index (κ3) is 2.71. The molecule has 1 aliphatic heterocycles. The summed E-state index contributed by atoms with van der Waals surface area (Å²) in [6.07, 6.45) is 2.62. The molecule has 0 aromatic carbocycles. The van der Waals surface area contributed by atoms with E-state index in [4.69, 9.17) is 5.11 Å². The molecular weight excluding hydrogens is 220 g/mol. The van der Waals surface area contributed by atoms with Gasteiger partial charge in [-0.25, -0.2) is 9.97 Å². The second-order valence-electron chi connectivity index (χ2n) is 4.46. The van der Waals surface area contributed by atoms with Crippen LogP contribution in [0.4, 0.5) is 5.95 Å². The number of anilines is 1. The fourth-order valence-corrected chi connectivity index (χ4v) is 1.57. The van der Waals surface area contributed by atoms with E-state index in [9.17, 15) is 4.79 Å². The lowest BCUT2D eigenvalue weighted by atomic mass is 10.1. The van der Waals surface area contributed by atoms with E-state index in [-0.39, 0.29) is 18.1 Å². The first-order valence-electron chi connectivity index (χ1n) is 5.62. The Balaban J connectivity index is 2.00. The minimum absolute atomic E-state index is 0.133. The molecule has 2 heterocycles. The highest BCUT2D eigenvalue weighted by atomic mass is 16.3. The van der Waals surface area contributed by atoms with Gasteiger partial charge < -0.3 is 15.3 Å². The number of nitrogens with zero attached hydrogens (tertiary/aromatic N) is 3. The molecule has 6 nitrogen and oxygen atoms in total. The Bertz CT molecular complexity index is 398. The highest BCUT2D eigenvalue weighted by Gasteiger charge is 2.29. The number of hydrogen-bond acceptors (Lipinski definition) is 5. The van der Waals surface area contributed by atoms with E-state index >= 15 is 0 Å². The van der Waals surface area contributed by atoms with Crippen molar-refractivity contribution in [2.45, 2.75) is 26.0 Å². The summed E-state index contributed by atoms with van der Waals surface area (Å²) in [5.74, 6) is 0.381. The third-order valence-electron chi connectivity index (χ3n) is 2.47. The van der Waals surface area contributed by atoms with Crippen molar-refractivity contribution in [3.8, 4) is 0 Å². The maximum Gasteiger partial charge on any atom is 0.257 e. The Morgan fingerprint density at radius 1 is 1.47 bits per heavy atom. The van der Waals surface area contributed by atoms with Crippen LogP contribution in [0.1, 0.15) is 24.2 Å². The Morgan fingerprint density at radius 2 is 2.06 bits per heavy atom. The summed E-state index contributed by atoms with van der Waals surface area (Å²) in [4.78, 5) is 21.5. The van der Waals surface area contributed by atoms with Crippen molar-refractivity contribution in [2.75, 3.05) is 18.4 Å². The molecule has 0 bridgehead atoms. The quantitative estimate of drug-likeness (QED) is 0.779. The molecule has 17 heavy (non-hydrogen) atoms. The number of aliphatic hydroxyl groups excluding tert-OH is 1. The molecule has 1 aliphatic rings. The van der Waals surface area contributed by atoms with Crippen molar-refractivity contribution in [1.82, 2.24) is 14.9 Å². The molecule has 0 atom stereocenters. The van der Waals surface area contributed by atoms with Crippen molar-refractivity contribution in [2.24, 2.45) is 0 Å². The van der Waals surface area contributed by atoms with Crippen LogP contribution in [0.25, 0.3) is 0 Å². The Morgan fingerprint density at radius 3 is 2.53 bits per heavy atom. The number of aliphatic hydroxyl groups is 1. The van der Waals surface area contributed by atoms with Gasteiger partial charge in [-0.05, 0) is 13.8 Å². The fourth-order valence-electron chi connectivity index (χ4n) is 1.57. The molecule has 0 aliphatic carbocycles. The zero-order valence-electron chi connectivity index (χ0n) is 9.92. The van der Waals surface area contributed by atoms with Crippen molar-refractivity contribution >= 4 is 11.9 Å². The van der Waals surface area contributed by atoms with Gasteiger partial charge in [-0.2, -0.15) is 0 Å². The van der Waals surface area contributed by atoms with Crippen molar-refractivity contribution in [3.63, 3.8) is 0 Å². The Hall–Kier alpha value is -1.69. The van der Waals surface area contributed by atoms with Gasteiger partial charge >= 0.3 is 0 Å². The van der Waals surface area contributed by atoms with E-state index in [1.54, 1.807) is 4.90 Å². The van der Waals surface area contributed by atoms with E-state index in [1.165, 1.54) is 12.4 Å². The van der Waals surface area contributed by atoms with Crippen LogP contribution < -0.4 is 5.32 Å². The van der Waals surface area contributed by atoms with Gasteiger partial charge in [-0.3, -0.25) is 4.79 Å². The number of likely N-dealkylation sites (tertiary alicyclic amines) is 1. The van der Waals surface area contributed by atoms with Gasteiger partial charge in [0.2, 0.25) is 5.95 Å². The van der Waals surface area contributed by atoms with Gasteiger partial charge in [0.15, 0.2) is 0 Å².